The second kappa shape index (κ2) is 10.3. The molecular formula is C27H18ClF3N6O3. The van der Waals surface area contributed by atoms with Gasteiger partial charge in [-0.15, -0.1) is 10.2 Å². The summed E-state index contributed by atoms with van der Waals surface area (Å²) in [5, 5.41) is 18.3. The minimum absolute atomic E-state index is 0.0342. The molecule has 0 saturated carbocycles. The largest absolute Gasteiger partial charge is 0.480 e. The number of alkyl halides is 3. The Morgan fingerprint density at radius 3 is 2.65 bits per heavy atom. The molecule has 0 bridgehead atoms. The Morgan fingerprint density at radius 1 is 1.12 bits per heavy atom. The number of hydrogen-bond donors (Lipinski definition) is 1. The van der Waals surface area contributed by atoms with Crippen LogP contribution in [0, 0.1) is 18.3 Å². The summed E-state index contributed by atoms with van der Waals surface area (Å²) in [6.45, 7) is 1.67. The molecule has 0 fully saturated rings. The van der Waals surface area contributed by atoms with Crippen molar-refractivity contribution in [1.29, 1.82) is 5.26 Å². The summed E-state index contributed by atoms with van der Waals surface area (Å²) in [7, 11) is 1.42. The van der Waals surface area contributed by atoms with Crippen LogP contribution in [0.25, 0.3) is 22.2 Å². The van der Waals surface area contributed by atoms with Gasteiger partial charge in [0, 0.05) is 33.2 Å². The molecule has 5 rings (SSSR count). The molecule has 0 spiro atoms. The number of aromatic amines is 1. The lowest BCUT2D eigenvalue weighted by Gasteiger charge is -2.15. The standard InChI is InChI=1S/C27H18ClF3N6O3/c1-14-3-4-20-16(5-14)8-21(34-20)19-10-23(39-2)36-35-22(19)12-37-13-33-25(27(29,30)31)24(26(37)38)40-18-7-15(11-32)6-17(28)9-18/h3-10,13,34H,12H2,1-2H3. The lowest BCUT2D eigenvalue weighted by atomic mass is 10.1. The van der Waals surface area contributed by atoms with E-state index in [-0.39, 0.29) is 34.5 Å². The predicted molar refractivity (Wildman–Crippen MR) is 139 cm³/mol. The number of aryl methyl sites for hydroxylation is 1. The van der Waals surface area contributed by atoms with Gasteiger partial charge in [0.25, 0.3) is 5.56 Å². The first kappa shape index (κ1) is 26.7. The van der Waals surface area contributed by atoms with Gasteiger partial charge in [0.05, 0.1) is 37.3 Å². The summed E-state index contributed by atoms with van der Waals surface area (Å²) >= 11 is 5.96. The van der Waals surface area contributed by atoms with Crippen molar-refractivity contribution < 1.29 is 22.6 Å². The number of ether oxygens (including phenoxy) is 2. The lowest BCUT2D eigenvalue weighted by molar-refractivity contribution is -0.142. The highest BCUT2D eigenvalue weighted by molar-refractivity contribution is 6.30. The normalized spacial score (nSPS) is 11.4. The van der Waals surface area contributed by atoms with Crippen LogP contribution in [0.5, 0.6) is 17.4 Å². The smallest absolute Gasteiger partial charge is 0.437 e. The number of nitriles is 1. The maximum absolute atomic E-state index is 13.8. The van der Waals surface area contributed by atoms with Gasteiger partial charge in [-0.2, -0.15) is 18.4 Å². The number of hydrogen-bond acceptors (Lipinski definition) is 7. The number of H-pyrrole nitrogens is 1. The Balaban J connectivity index is 1.61. The first-order valence-corrected chi connectivity index (χ1v) is 12.0. The monoisotopic (exact) mass is 566 g/mol. The quantitative estimate of drug-likeness (QED) is 0.272. The van der Waals surface area contributed by atoms with Crippen molar-refractivity contribution in [3.63, 3.8) is 0 Å². The molecule has 13 heteroatoms. The van der Waals surface area contributed by atoms with Gasteiger partial charge in [-0.1, -0.05) is 23.2 Å². The highest BCUT2D eigenvalue weighted by Crippen LogP contribution is 2.35. The summed E-state index contributed by atoms with van der Waals surface area (Å²) < 4.78 is 52.9. The van der Waals surface area contributed by atoms with Crippen LogP contribution in [0.3, 0.4) is 0 Å². The van der Waals surface area contributed by atoms with Crippen molar-refractivity contribution in [3.05, 3.63) is 92.7 Å². The molecule has 0 amide bonds. The van der Waals surface area contributed by atoms with Crippen molar-refractivity contribution in [3.8, 4) is 34.7 Å². The average Bonchev–Trinajstić information content (AvgIpc) is 3.33. The zero-order valence-electron chi connectivity index (χ0n) is 20.9. The maximum Gasteiger partial charge on any atom is 0.437 e. The third kappa shape index (κ3) is 5.32. The van der Waals surface area contributed by atoms with Gasteiger partial charge >= 0.3 is 6.18 Å². The number of benzene rings is 2. The van der Waals surface area contributed by atoms with Gasteiger partial charge in [-0.3, -0.25) is 9.36 Å². The van der Waals surface area contributed by atoms with Gasteiger partial charge in [0.2, 0.25) is 11.6 Å². The van der Waals surface area contributed by atoms with E-state index < -0.39 is 23.2 Å². The van der Waals surface area contributed by atoms with E-state index in [0.29, 0.717) is 11.3 Å². The highest BCUT2D eigenvalue weighted by atomic mass is 35.5. The molecule has 0 atom stereocenters. The number of aromatic nitrogens is 5. The zero-order chi connectivity index (χ0) is 28.6. The fourth-order valence-electron chi connectivity index (χ4n) is 4.09. The molecule has 202 valence electrons. The number of rotatable bonds is 6. The fraction of sp³-hybridized carbons (Fsp3) is 0.148. The van der Waals surface area contributed by atoms with E-state index in [2.05, 4.69) is 20.2 Å². The Labute approximate surface area is 229 Å². The van der Waals surface area contributed by atoms with Crippen LogP contribution in [-0.4, -0.2) is 31.8 Å². The Kier molecular flexibility index (Phi) is 6.91. The van der Waals surface area contributed by atoms with E-state index in [9.17, 15) is 18.0 Å². The molecule has 0 aliphatic heterocycles. The fourth-order valence-corrected chi connectivity index (χ4v) is 4.31. The first-order chi connectivity index (χ1) is 19.0. The number of nitrogens with zero attached hydrogens (tertiary/aromatic N) is 5. The molecular weight excluding hydrogens is 549 g/mol. The van der Waals surface area contributed by atoms with Gasteiger partial charge in [-0.25, -0.2) is 4.98 Å². The molecule has 5 aromatic rings. The van der Waals surface area contributed by atoms with E-state index in [1.165, 1.54) is 19.2 Å². The molecule has 40 heavy (non-hydrogen) atoms. The summed E-state index contributed by atoms with van der Waals surface area (Å²) in [6, 6.07) is 14.8. The molecule has 3 aromatic heterocycles. The summed E-state index contributed by atoms with van der Waals surface area (Å²) in [6.07, 6.45) is -4.24. The van der Waals surface area contributed by atoms with Crippen LogP contribution in [0.2, 0.25) is 5.02 Å². The van der Waals surface area contributed by atoms with Crippen LogP contribution >= 0.6 is 11.6 Å². The molecule has 0 saturated heterocycles. The molecule has 2 aromatic carbocycles. The molecule has 0 unspecified atom stereocenters. The third-order valence-electron chi connectivity index (χ3n) is 5.93. The molecule has 9 nitrogen and oxygen atoms in total. The highest BCUT2D eigenvalue weighted by Gasteiger charge is 2.39. The molecule has 0 radical (unpaired) electrons. The van der Waals surface area contributed by atoms with E-state index in [0.717, 1.165) is 33.4 Å². The first-order valence-electron chi connectivity index (χ1n) is 11.6. The van der Waals surface area contributed by atoms with Crippen molar-refractivity contribution in [2.75, 3.05) is 7.11 Å². The Morgan fingerprint density at radius 2 is 1.93 bits per heavy atom. The van der Waals surface area contributed by atoms with Gasteiger partial charge in [-0.05, 0) is 43.3 Å². The van der Waals surface area contributed by atoms with Crippen LogP contribution in [0.4, 0.5) is 13.2 Å². The SMILES string of the molecule is COc1cc(-c2cc3cc(C)ccc3[nH]2)c(Cn2cnc(C(F)(F)F)c(Oc3cc(Cl)cc(C#N)c3)c2=O)nn1. The van der Waals surface area contributed by atoms with Crippen LogP contribution < -0.4 is 15.0 Å². The molecule has 3 heterocycles. The number of methoxy groups -OCH3 is 1. The minimum atomic E-state index is -5.00. The number of halogens is 4. The average molecular weight is 567 g/mol. The molecule has 1 N–H and O–H groups in total. The zero-order valence-corrected chi connectivity index (χ0v) is 21.6. The van der Waals surface area contributed by atoms with Crippen LogP contribution in [-0.2, 0) is 12.7 Å². The number of nitrogens with one attached hydrogen (secondary N) is 1. The van der Waals surface area contributed by atoms with E-state index in [4.69, 9.17) is 26.3 Å². The minimum Gasteiger partial charge on any atom is -0.480 e. The summed E-state index contributed by atoms with van der Waals surface area (Å²) in [4.78, 5) is 20.1. The van der Waals surface area contributed by atoms with Gasteiger partial charge < -0.3 is 14.5 Å². The second-order valence-electron chi connectivity index (χ2n) is 8.76. The van der Waals surface area contributed by atoms with E-state index >= 15 is 0 Å². The second-order valence-corrected chi connectivity index (χ2v) is 9.20. The van der Waals surface area contributed by atoms with E-state index in [1.54, 1.807) is 6.07 Å². The lowest BCUT2D eigenvalue weighted by Crippen LogP contribution is -2.27. The van der Waals surface area contributed by atoms with Crippen LogP contribution in [0.1, 0.15) is 22.5 Å². The van der Waals surface area contributed by atoms with Gasteiger partial charge in [0.1, 0.15) is 5.75 Å². The topological polar surface area (TPSA) is 119 Å². The number of fused-ring (bicyclic) bond motifs is 1. The van der Waals surface area contributed by atoms with E-state index in [1.807, 2.05) is 37.3 Å². The summed E-state index contributed by atoms with van der Waals surface area (Å²) in [5.41, 5.74) is 0.695. The van der Waals surface area contributed by atoms with Crippen molar-refractivity contribution >= 4 is 22.5 Å². The Hall–Kier alpha value is -4.89. The Bertz CT molecular complexity index is 1860. The predicted octanol–water partition coefficient (Wildman–Crippen LogP) is 5.88. The van der Waals surface area contributed by atoms with Crippen molar-refractivity contribution in [2.24, 2.45) is 0 Å². The van der Waals surface area contributed by atoms with Gasteiger partial charge in [0.15, 0.2) is 5.69 Å². The third-order valence-corrected chi connectivity index (χ3v) is 6.15. The molecule has 0 aliphatic rings. The summed E-state index contributed by atoms with van der Waals surface area (Å²) in [5.74, 6) is -1.11. The molecule has 0 aliphatic carbocycles. The van der Waals surface area contributed by atoms with Crippen molar-refractivity contribution in [2.45, 2.75) is 19.6 Å². The van der Waals surface area contributed by atoms with Crippen molar-refractivity contribution in [1.82, 2.24) is 24.7 Å². The van der Waals surface area contributed by atoms with Crippen LogP contribution in [0.15, 0.2) is 59.7 Å². The maximum atomic E-state index is 13.8.